The normalized spacial score (nSPS) is 11.5. The van der Waals surface area contributed by atoms with Gasteiger partial charge in [-0.1, -0.05) is 15.9 Å². The molecule has 0 aliphatic heterocycles. The molecule has 0 aliphatic carbocycles. The molecule has 2 rings (SSSR count). The third-order valence-electron chi connectivity index (χ3n) is 2.31. The third-order valence-corrected chi connectivity index (χ3v) is 5.65. The zero-order chi connectivity index (χ0) is 14.0. The molecule has 0 aliphatic rings. The fourth-order valence-electron chi connectivity index (χ4n) is 1.37. The van der Waals surface area contributed by atoms with Gasteiger partial charge in [-0.3, -0.25) is 4.72 Å². The summed E-state index contributed by atoms with van der Waals surface area (Å²) in [6, 6.07) is 5.58. The number of sulfonamides is 1. The van der Waals surface area contributed by atoms with E-state index in [1.54, 1.807) is 11.4 Å². The molecule has 0 atom stereocenters. The third kappa shape index (κ3) is 3.33. The average Bonchev–Trinajstić information content (AvgIpc) is 2.82. The van der Waals surface area contributed by atoms with E-state index >= 15 is 0 Å². The first kappa shape index (κ1) is 14.4. The van der Waals surface area contributed by atoms with Crippen molar-refractivity contribution < 1.29 is 12.8 Å². The number of anilines is 1. The van der Waals surface area contributed by atoms with Crippen molar-refractivity contribution in [3.8, 4) is 0 Å². The molecular weight excluding hydrogens is 355 g/mol. The Morgan fingerprint density at radius 2 is 2.11 bits per heavy atom. The molecule has 102 valence electrons. The molecule has 3 N–H and O–H groups in total. The van der Waals surface area contributed by atoms with Gasteiger partial charge in [0.2, 0.25) is 0 Å². The molecule has 1 aromatic carbocycles. The summed E-state index contributed by atoms with van der Waals surface area (Å²) in [5.41, 5.74) is 6.06. The summed E-state index contributed by atoms with van der Waals surface area (Å²) in [6.45, 7) is 0.263. The highest BCUT2D eigenvalue weighted by Gasteiger charge is 2.18. The highest BCUT2D eigenvalue weighted by atomic mass is 79.9. The van der Waals surface area contributed by atoms with Gasteiger partial charge in [-0.05, 0) is 35.2 Å². The predicted octanol–water partition coefficient (Wildman–Crippen LogP) is 2.91. The van der Waals surface area contributed by atoms with Crippen LogP contribution in [-0.4, -0.2) is 8.42 Å². The van der Waals surface area contributed by atoms with Gasteiger partial charge in [0.1, 0.15) is 10.0 Å². The molecule has 0 radical (unpaired) electrons. The van der Waals surface area contributed by atoms with E-state index < -0.39 is 15.8 Å². The zero-order valence-corrected chi connectivity index (χ0v) is 12.8. The zero-order valence-electron chi connectivity index (χ0n) is 9.56. The molecule has 0 bridgehead atoms. The van der Waals surface area contributed by atoms with E-state index in [4.69, 9.17) is 5.73 Å². The van der Waals surface area contributed by atoms with Crippen LogP contribution in [0.1, 0.15) is 5.56 Å². The standard InChI is InChI=1S/C11H10BrFN2O2S2/c12-8-1-2-10(9(13)4-8)15-19(16,17)11-3-7(5-14)6-18-11/h1-4,6,15H,5,14H2. The molecule has 8 heteroatoms. The lowest BCUT2D eigenvalue weighted by Gasteiger charge is -2.07. The van der Waals surface area contributed by atoms with Gasteiger partial charge in [-0.2, -0.15) is 0 Å². The first-order valence-electron chi connectivity index (χ1n) is 5.18. The SMILES string of the molecule is NCc1csc(S(=O)(=O)Nc2ccc(Br)cc2F)c1. The Morgan fingerprint density at radius 3 is 2.68 bits per heavy atom. The van der Waals surface area contributed by atoms with E-state index in [2.05, 4.69) is 20.7 Å². The lowest BCUT2D eigenvalue weighted by atomic mass is 10.3. The van der Waals surface area contributed by atoms with Crippen molar-refractivity contribution in [2.75, 3.05) is 4.72 Å². The van der Waals surface area contributed by atoms with E-state index in [9.17, 15) is 12.8 Å². The van der Waals surface area contributed by atoms with Crippen LogP contribution in [-0.2, 0) is 16.6 Å². The van der Waals surface area contributed by atoms with Crippen LogP contribution >= 0.6 is 27.3 Å². The molecule has 2 aromatic rings. The van der Waals surface area contributed by atoms with Gasteiger partial charge in [-0.25, -0.2) is 12.8 Å². The number of hydrogen-bond acceptors (Lipinski definition) is 4. The number of halogens is 2. The summed E-state index contributed by atoms with van der Waals surface area (Å²) in [5.74, 6) is -0.645. The molecule has 0 fully saturated rings. The van der Waals surface area contributed by atoms with Crippen molar-refractivity contribution in [3.63, 3.8) is 0 Å². The monoisotopic (exact) mass is 364 g/mol. The van der Waals surface area contributed by atoms with Crippen LogP contribution in [0.4, 0.5) is 10.1 Å². The smallest absolute Gasteiger partial charge is 0.271 e. The number of benzene rings is 1. The minimum absolute atomic E-state index is 0.0918. The molecule has 0 unspecified atom stereocenters. The van der Waals surface area contributed by atoms with E-state index in [0.29, 0.717) is 4.47 Å². The Hall–Kier alpha value is -0.960. The average molecular weight is 365 g/mol. The molecule has 4 nitrogen and oxygen atoms in total. The summed E-state index contributed by atoms with van der Waals surface area (Å²) >= 11 is 4.15. The molecule has 0 amide bonds. The molecule has 1 heterocycles. The van der Waals surface area contributed by atoms with Crippen molar-refractivity contribution in [1.29, 1.82) is 0 Å². The topological polar surface area (TPSA) is 72.2 Å². The van der Waals surface area contributed by atoms with Gasteiger partial charge in [-0.15, -0.1) is 11.3 Å². The van der Waals surface area contributed by atoms with E-state index in [1.165, 1.54) is 18.2 Å². The van der Waals surface area contributed by atoms with Crippen molar-refractivity contribution >= 4 is 43.0 Å². The fraction of sp³-hybridized carbons (Fsp3) is 0.0909. The number of nitrogens with two attached hydrogens (primary N) is 1. The minimum atomic E-state index is -3.78. The largest absolute Gasteiger partial charge is 0.326 e. The van der Waals surface area contributed by atoms with Crippen molar-refractivity contribution in [1.82, 2.24) is 0 Å². The van der Waals surface area contributed by atoms with Crippen LogP contribution in [0.25, 0.3) is 0 Å². The molecule has 0 saturated carbocycles. The Morgan fingerprint density at radius 1 is 1.37 bits per heavy atom. The first-order chi connectivity index (χ1) is 8.92. The van der Waals surface area contributed by atoms with Crippen LogP contribution in [0.5, 0.6) is 0 Å². The Labute approximate surface area is 122 Å². The lowest BCUT2D eigenvalue weighted by molar-refractivity contribution is 0.600. The van der Waals surface area contributed by atoms with Crippen molar-refractivity contribution in [3.05, 3.63) is 45.5 Å². The van der Waals surface area contributed by atoms with Gasteiger partial charge in [0.05, 0.1) is 5.69 Å². The maximum Gasteiger partial charge on any atom is 0.271 e. The number of rotatable bonds is 4. The van der Waals surface area contributed by atoms with E-state index in [1.807, 2.05) is 0 Å². The molecule has 0 spiro atoms. The highest BCUT2D eigenvalue weighted by molar-refractivity contribution is 9.10. The predicted molar refractivity (Wildman–Crippen MR) is 77.1 cm³/mol. The molecular formula is C11H10BrFN2O2S2. The lowest BCUT2D eigenvalue weighted by Crippen LogP contribution is -2.12. The van der Waals surface area contributed by atoms with Crippen LogP contribution in [0.15, 0.2) is 38.3 Å². The number of hydrogen-bond donors (Lipinski definition) is 2. The van der Waals surface area contributed by atoms with Crippen molar-refractivity contribution in [2.24, 2.45) is 5.73 Å². The summed E-state index contributed by atoms with van der Waals surface area (Å²) in [4.78, 5) is 0. The van der Waals surface area contributed by atoms with Crippen LogP contribution in [0, 0.1) is 5.82 Å². The second kappa shape index (κ2) is 5.58. The second-order valence-corrected chi connectivity index (χ2v) is 7.44. The Bertz CT molecular complexity index is 700. The summed E-state index contributed by atoms with van der Waals surface area (Å²) in [7, 11) is -3.78. The first-order valence-corrected chi connectivity index (χ1v) is 8.33. The van der Waals surface area contributed by atoms with Gasteiger partial charge in [0.15, 0.2) is 0 Å². The number of nitrogens with one attached hydrogen (secondary N) is 1. The highest BCUT2D eigenvalue weighted by Crippen LogP contribution is 2.25. The molecule has 0 saturated heterocycles. The Balaban J connectivity index is 2.30. The van der Waals surface area contributed by atoms with Gasteiger partial charge in [0, 0.05) is 11.0 Å². The Kier molecular flexibility index (Phi) is 4.24. The van der Waals surface area contributed by atoms with Gasteiger partial charge < -0.3 is 5.73 Å². The quantitative estimate of drug-likeness (QED) is 0.875. The van der Waals surface area contributed by atoms with Crippen LogP contribution < -0.4 is 10.5 Å². The number of thiophene rings is 1. The maximum atomic E-state index is 13.6. The van der Waals surface area contributed by atoms with Crippen LogP contribution in [0.3, 0.4) is 0 Å². The molecule has 1 aromatic heterocycles. The summed E-state index contributed by atoms with van der Waals surface area (Å²) in [5, 5.41) is 1.66. The van der Waals surface area contributed by atoms with Crippen molar-refractivity contribution in [2.45, 2.75) is 10.8 Å². The van der Waals surface area contributed by atoms with Crippen LogP contribution in [0.2, 0.25) is 0 Å². The molecule has 19 heavy (non-hydrogen) atoms. The van der Waals surface area contributed by atoms with Gasteiger partial charge in [0.25, 0.3) is 10.0 Å². The summed E-state index contributed by atoms with van der Waals surface area (Å²) < 4.78 is 40.5. The minimum Gasteiger partial charge on any atom is -0.326 e. The summed E-state index contributed by atoms with van der Waals surface area (Å²) in [6.07, 6.45) is 0. The second-order valence-electron chi connectivity index (χ2n) is 3.71. The fourth-order valence-corrected chi connectivity index (χ4v) is 3.99. The van der Waals surface area contributed by atoms with E-state index in [-0.39, 0.29) is 16.4 Å². The maximum absolute atomic E-state index is 13.6. The van der Waals surface area contributed by atoms with Gasteiger partial charge >= 0.3 is 0 Å². The van der Waals surface area contributed by atoms with E-state index in [0.717, 1.165) is 16.9 Å².